The Morgan fingerprint density at radius 1 is 0.917 bits per heavy atom. The summed E-state index contributed by atoms with van der Waals surface area (Å²) < 4.78 is 12.3. The minimum atomic E-state index is -0.933. The van der Waals surface area contributed by atoms with Crippen LogP contribution in [0.3, 0.4) is 0 Å². The summed E-state index contributed by atoms with van der Waals surface area (Å²) in [6.45, 7) is 16.3. The highest BCUT2D eigenvalue weighted by molar-refractivity contribution is 5.03. The summed E-state index contributed by atoms with van der Waals surface area (Å²) >= 11 is 0. The molecule has 36 heavy (non-hydrogen) atoms. The van der Waals surface area contributed by atoms with Gasteiger partial charge in [0.15, 0.2) is 0 Å². The van der Waals surface area contributed by atoms with Gasteiger partial charge in [0.2, 0.25) is 0 Å². The van der Waals surface area contributed by atoms with E-state index in [0.29, 0.717) is 30.3 Å². The Morgan fingerprint density at radius 2 is 1.61 bits per heavy atom. The summed E-state index contributed by atoms with van der Waals surface area (Å²) in [7, 11) is 0. The second-order valence-corrected chi connectivity index (χ2v) is 13.4. The Morgan fingerprint density at radius 3 is 2.31 bits per heavy atom. The maximum absolute atomic E-state index is 12.0. The number of aliphatic hydroxyl groups is 3. The highest BCUT2D eigenvalue weighted by atomic mass is 16.5. The van der Waals surface area contributed by atoms with Gasteiger partial charge in [-0.3, -0.25) is 0 Å². The van der Waals surface area contributed by atoms with E-state index in [2.05, 4.69) is 41.5 Å². The summed E-state index contributed by atoms with van der Waals surface area (Å²) in [4.78, 5) is 0. The van der Waals surface area contributed by atoms with E-state index < -0.39 is 17.8 Å². The first-order valence-electron chi connectivity index (χ1n) is 15.3. The van der Waals surface area contributed by atoms with Gasteiger partial charge in [-0.1, -0.05) is 47.5 Å². The van der Waals surface area contributed by atoms with E-state index in [9.17, 15) is 15.3 Å². The van der Waals surface area contributed by atoms with E-state index >= 15 is 0 Å². The molecule has 13 atom stereocenters. The molecular formula is C31H58O5. The molecule has 1 aliphatic heterocycles. The number of hydrogen-bond acceptors (Lipinski definition) is 5. The van der Waals surface area contributed by atoms with Crippen LogP contribution in [0.2, 0.25) is 0 Å². The molecule has 1 saturated heterocycles. The van der Waals surface area contributed by atoms with E-state index in [1.165, 1.54) is 6.42 Å². The monoisotopic (exact) mass is 510 g/mol. The topological polar surface area (TPSA) is 79.2 Å². The molecule has 8 unspecified atom stereocenters. The lowest BCUT2D eigenvalue weighted by atomic mass is 9.58. The molecule has 3 rings (SSSR count). The smallest absolute Gasteiger partial charge is 0.0942 e. The van der Waals surface area contributed by atoms with Crippen molar-refractivity contribution in [3.05, 3.63) is 0 Å². The first-order chi connectivity index (χ1) is 17.0. The Bertz CT molecular complexity index is 657. The Labute approximate surface area is 221 Å². The molecule has 212 valence electrons. The number of rotatable bonds is 10. The lowest BCUT2D eigenvalue weighted by Crippen LogP contribution is -2.58. The van der Waals surface area contributed by atoms with Crippen molar-refractivity contribution in [2.24, 2.45) is 47.3 Å². The van der Waals surface area contributed by atoms with Gasteiger partial charge in [0.05, 0.1) is 43.2 Å². The summed E-state index contributed by atoms with van der Waals surface area (Å²) in [6.07, 6.45) is 8.22. The summed E-state index contributed by atoms with van der Waals surface area (Å²) in [5, 5.41) is 35.0. The fourth-order valence-corrected chi connectivity index (χ4v) is 8.20. The molecule has 5 heteroatoms. The molecule has 3 N–H and O–H groups in total. The van der Waals surface area contributed by atoms with Gasteiger partial charge in [0.25, 0.3) is 0 Å². The molecule has 0 aromatic rings. The first kappa shape index (κ1) is 30.3. The summed E-state index contributed by atoms with van der Waals surface area (Å²) in [5.74, 6) is 1.81. The number of ether oxygens (including phenoxy) is 2. The number of aliphatic hydroxyl groups excluding tert-OH is 2. The largest absolute Gasteiger partial charge is 0.390 e. The highest BCUT2D eigenvalue weighted by Gasteiger charge is 2.54. The van der Waals surface area contributed by atoms with Gasteiger partial charge in [-0.05, 0) is 106 Å². The van der Waals surface area contributed by atoms with Gasteiger partial charge >= 0.3 is 0 Å². The average molecular weight is 511 g/mol. The Hall–Kier alpha value is -0.200. The van der Waals surface area contributed by atoms with E-state index in [4.69, 9.17) is 9.47 Å². The van der Waals surface area contributed by atoms with Crippen LogP contribution in [0.1, 0.15) is 106 Å². The van der Waals surface area contributed by atoms with E-state index in [-0.39, 0.29) is 35.9 Å². The second kappa shape index (κ2) is 13.2. The lowest BCUT2D eigenvalue weighted by Gasteiger charge is -2.51. The minimum Gasteiger partial charge on any atom is -0.390 e. The summed E-state index contributed by atoms with van der Waals surface area (Å²) in [6, 6.07) is 0. The van der Waals surface area contributed by atoms with E-state index in [0.717, 1.165) is 58.0 Å². The van der Waals surface area contributed by atoms with Crippen molar-refractivity contribution in [3.8, 4) is 0 Å². The van der Waals surface area contributed by atoms with Crippen molar-refractivity contribution in [1.82, 2.24) is 0 Å². The molecule has 3 fully saturated rings. The van der Waals surface area contributed by atoms with Gasteiger partial charge in [-0.25, -0.2) is 0 Å². The zero-order valence-corrected chi connectivity index (χ0v) is 24.4. The van der Waals surface area contributed by atoms with Crippen LogP contribution in [0, 0.1) is 47.3 Å². The van der Waals surface area contributed by atoms with E-state index in [1.54, 1.807) is 0 Å². The molecule has 0 bridgehead atoms. The van der Waals surface area contributed by atoms with Crippen molar-refractivity contribution in [3.63, 3.8) is 0 Å². The maximum atomic E-state index is 12.0. The molecule has 0 aromatic heterocycles. The fourth-order valence-electron chi connectivity index (χ4n) is 8.20. The van der Waals surface area contributed by atoms with Crippen molar-refractivity contribution in [2.75, 3.05) is 13.2 Å². The second-order valence-electron chi connectivity index (χ2n) is 13.4. The summed E-state index contributed by atoms with van der Waals surface area (Å²) in [5.41, 5.74) is -0.933. The normalized spacial score (nSPS) is 42.0. The van der Waals surface area contributed by atoms with Crippen LogP contribution in [0.15, 0.2) is 0 Å². The van der Waals surface area contributed by atoms with Gasteiger partial charge in [0.1, 0.15) is 0 Å². The molecule has 0 radical (unpaired) electrons. The molecule has 3 aliphatic rings. The standard InChI is InChI=1S/C31H58O5/c1-8-9-21(4)35-17-25-16-19(2)10-13-26(25)23(6)29(32)30(33)24(7)28-14-11-20(3)27-15-12-22(5)36-18-31(27,28)34/h19-30,32-34H,8-18H2,1-7H3/t19-,20-,21?,22?,23?,24?,25?,26+,27?,28+,29?,30?,31-/m1/s1. The van der Waals surface area contributed by atoms with Crippen LogP contribution in [0.25, 0.3) is 0 Å². The third-order valence-corrected chi connectivity index (χ3v) is 10.7. The number of hydrogen-bond donors (Lipinski definition) is 3. The third kappa shape index (κ3) is 6.86. The highest BCUT2D eigenvalue weighted by Crippen LogP contribution is 2.50. The Kier molecular flexibility index (Phi) is 11.2. The zero-order valence-electron chi connectivity index (χ0n) is 24.4. The third-order valence-electron chi connectivity index (χ3n) is 10.7. The van der Waals surface area contributed by atoms with Crippen molar-refractivity contribution >= 4 is 0 Å². The minimum absolute atomic E-state index is 0.0107. The maximum Gasteiger partial charge on any atom is 0.0942 e. The predicted molar refractivity (Wildman–Crippen MR) is 146 cm³/mol. The average Bonchev–Trinajstić information content (AvgIpc) is 3.00. The zero-order chi connectivity index (χ0) is 26.6. The molecule has 0 amide bonds. The van der Waals surface area contributed by atoms with E-state index in [1.807, 2.05) is 6.92 Å². The fraction of sp³-hybridized carbons (Fsp3) is 1.00. The van der Waals surface area contributed by atoms with Gasteiger partial charge < -0.3 is 24.8 Å². The van der Waals surface area contributed by atoms with Gasteiger partial charge in [-0.2, -0.15) is 0 Å². The molecular weight excluding hydrogens is 452 g/mol. The van der Waals surface area contributed by atoms with Crippen molar-refractivity contribution in [1.29, 1.82) is 0 Å². The van der Waals surface area contributed by atoms with Gasteiger partial charge in [-0.15, -0.1) is 0 Å². The van der Waals surface area contributed by atoms with Crippen LogP contribution in [-0.2, 0) is 9.47 Å². The number of fused-ring (bicyclic) bond motifs is 1. The quantitative estimate of drug-likeness (QED) is 0.345. The van der Waals surface area contributed by atoms with Crippen LogP contribution in [0.5, 0.6) is 0 Å². The molecule has 0 aromatic carbocycles. The molecule has 5 nitrogen and oxygen atoms in total. The lowest BCUT2D eigenvalue weighted by molar-refractivity contribution is -0.182. The SMILES string of the molecule is CCCC(C)OCC1C[C@H](C)CC[C@H]1C(C)C(O)C(O)C(C)[C@@H]1CC[C@@H](C)C2CCC(C)OC[C@@]21O. The van der Waals surface area contributed by atoms with Crippen LogP contribution < -0.4 is 0 Å². The van der Waals surface area contributed by atoms with Crippen LogP contribution in [0.4, 0.5) is 0 Å². The van der Waals surface area contributed by atoms with Crippen molar-refractivity contribution < 1.29 is 24.8 Å². The molecule has 2 saturated carbocycles. The van der Waals surface area contributed by atoms with Gasteiger partial charge in [0, 0.05) is 0 Å². The molecule has 0 spiro atoms. The molecule has 1 heterocycles. The predicted octanol–water partition coefficient (Wildman–Crippen LogP) is 5.83. The molecule has 2 aliphatic carbocycles. The first-order valence-corrected chi connectivity index (χ1v) is 15.3. The van der Waals surface area contributed by atoms with Crippen LogP contribution in [-0.4, -0.2) is 58.6 Å². The van der Waals surface area contributed by atoms with Crippen LogP contribution >= 0.6 is 0 Å². The van der Waals surface area contributed by atoms with Crippen molar-refractivity contribution in [2.45, 2.75) is 136 Å². The Balaban J connectivity index is 1.70.